The summed E-state index contributed by atoms with van der Waals surface area (Å²) in [5.74, 6) is 0.0984. The Labute approximate surface area is 172 Å². The Hall–Kier alpha value is -2.57. The molecule has 3 rings (SSSR count). The van der Waals surface area contributed by atoms with E-state index >= 15 is 0 Å². The largest absolute Gasteiger partial charge is 0.385 e. The molecule has 0 bridgehead atoms. The number of anilines is 2. The Bertz CT molecular complexity index is 716. The molecule has 158 valence electrons. The predicted octanol–water partition coefficient (Wildman–Crippen LogP) is 3.51. The first-order valence-electron chi connectivity index (χ1n) is 10.9. The van der Waals surface area contributed by atoms with E-state index in [1.54, 1.807) is 4.90 Å². The minimum Gasteiger partial charge on any atom is -0.385 e. The zero-order valence-corrected chi connectivity index (χ0v) is 17.1. The van der Waals surface area contributed by atoms with Gasteiger partial charge in [-0.15, -0.1) is 0 Å². The lowest BCUT2D eigenvalue weighted by Gasteiger charge is -2.27. The van der Waals surface area contributed by atoms with Gasteiger partial charge < -0.3 is 10.2 Å². The molecule has 2 aliphatic heterocycles. The van der Waals surface area contributed by atoms with Gasteiger partial charge in [-0.25, -0.2) is 4.79 Å². The molecule has 1 aromatic carbocycles. The lowest BCUT2D eigenvalue weighted by molar-refractivity contribution is -0.132. The van der Waals surface area contributed by atoms with Crippen LogP contribution in [0.3, 0.4) is 0 Å². The van der Waals surface area contributed by atoms with Gasteiger partial charge >= 0.3 is 6.03 Å². The number of carbonyl (C=O) groups is 3. The third-order valence-electron chi connectivity index (χ3n) is 5.57. The van der Waals surface area contributed by atoms with Crippen LogP contribution in [0.1, 0.15) is 57.8 Å². The van der Waals surface area contributed by atoms with Crippen molar-refractivity contribution in [2.75, 3.05) is 36.4 Å². The molecule has 0 saturated carbocycles. The zero-order valence-electron chi connectivity index (χ0n) is 17.1. The van der Waals surface area contributed by atoms with Crippen LogP contribution in [-0.4, -0.2) is 48.9 Å². The summed E-state index contributed by atoms with van der Waals surface area (Å²) in [5, 5.41) is 5.75. The van der Waals surface area contributed by atoms with Gasteiger partial charge in [0, 0.05) is 50.4 Å². The van der Waals surface area contributed by atoms with Gasteiger partial charge in [0.2, 0.25) is 11.8 Å². The maximum absolute atomic E-state index is 12.1. The second kappa shape index (κ2) is 10.8. The summed E-state index contributed by atoms with van der Waals surface area (Å²) >= 11 is 0. The average Bonchev–Trinajstić information content (AvgIpc) is 2.74. The fraction of sp³-hybridized carbons (Fsp3) is 0.591. The Morgan fingerprint density at radius 3 is 2.59 bits per heavy atom. The highest BCUT2D eigenvalue weighted by atomic mass is 16.2. The van der Waals surface area contributed by atoms with E-state index in [0.717, 1.165) is 69.5 Å². The molecule has 29 heavy (non-hydrogen) atoms. The number of benzene rings is 1. The maximum Gasteiger partial charge on any atom is 0.328 e. The summed E-state index contributed by atoms with van der Waals surface area (Å²) < 4.78 is 0. The molecule has 0 aliphatic carbocycles. The summed E-state index contributed by atoms with van der Waals surface area (Å²) in [4.78, 5) is 39.0. The minimum atomic E-state index is -0.363. The topological polar surface area (TPSA) is 81.8 Å². The molecule has 7 heteroatoms. The van der Waals surface area contributed by atoms with Crippen LogP contribution in [0.5, 0.6) is 0 Å². The SMILES string of the molecule is O=C1CCN(c2cccc(NCCCCCCC(=O)N3CCCCC3)c2)C(=O)N1. The molecule has 0 atom stereocenters. The molecule has 0 unspecified atom stereocenters. The Balaban J connectivity index is 1.31. The molecular formula is C22H32N4O3. The van der Waals surface area contributed by atoms with Gasteiger partial charge in [-0.1, -0.05) is 18.9 Å². The number of nitrogens with zero attached hydrogens (tertiary/aromatic N) is 2. The number of amides is 4. The standard InChI is InChI=1S/C22H32N4O3/c27-20-12-16-26(22(29)24-20)19-10-8-9-18(17-19)23-13-5-2-1-4-11-21(28)25-14-6-3-7-15-25/h8-10,17,23H,1-7,11-16H2,(H,24,27,29). The average molecular weight is 401 g/mol. The number of nitrogens with one attached hydrogen (secondary N) is 2. The van der Waals surface area contributed by atoms with Gasteiger partial charge in [0.15, 0.2) is 0 Å². The van der Waals surface area contributed by atoms with Gasteiger partial charge in [-0.3, -0.25) is 19.8 Å². The van der Waals surface area contributed by atoms with Crippen molar-refractivity contribution in [2.24, 2.45) is 0 Å². The highest BCUT2D eigenvalue weighted by Gasteiger charge is 2.24. The first kappa shape index (κ1) is 21.1. The number of hydrogen-bond acceptors (Lipinski definition) is 4. The third-order valence-corrected chi connectivity index (χ3v) is 5.57. The summed E-state index contributed by atoms with van der Waals surface area (Å²) in [6.07, 6.45) is 8.73. The highest BCUT2D eigenvalue weighted by molar-refractivity contribution is 6.05. The van der Waals surface area contributed by atoms with Crippen molar-refractivity contribution in [1.82, 2.24) is 10.2 Å². The van der Waals surface area contributed by atoms with Gasteiger partial charge in [0.25, 0.3) is 0 Å². The monoisotopic (exact) mass is 400 g/mol. The second-order valence-corrected chi connectivity index (χ2v) is 7.84. The summed E-state index contributed by atoms with van der Waals surface area (Å²) in [6.45, 7) is 3.15. The second-order valence-electron chi connectivity index (χ2n) is 7.84. The number of urea groups is 1. The predicted molar refractivity (Wildman–Crippen MR) is 114 cm³/mol. The van der Waals surface area contributed by atoms with Crippen molar-refractivity contribution in [2.45, 2.75) is 57.8 Å². The Morgan fingerprint density at radius 1 is 1.00 bits per heavy atom. The van der Waals surface area contributed by atoms with E-state index in [-0.39, 0.29) is 11.9 Å². The van der Waals surface area contributed by atoms with Crippen molar-refractivity contribution < 1.29 is 14.4 Å². The Morgan fingerprint density at radius 2 is 1.79 bits per heavy atom. The summed E-state index contributed by atoms with van der Waals surface area (Å²) in [7, 11) is 0. The molecule has 2 aliphatic rings. The number of unbranched alkanes of at least 4 members (excludes halogenated alkanes) is 3. The van der Waals surface area contributed by atoms with Crippen molar-refractivity contribution in [3.05, 3.63) is 24.3 Å². The zero-order chi connectivity index (χ0) is 20.5. The molecule has 1 aromatic rings. The first-order chi connectivity index (χ1) is 14.1. The number of piperidine rings is 1. The number of likely N-dealkylation sites (tertiary alicyclic amines) is 1. The van der Waals surface area contributed by atoms with E-state index in [4.69, 9.17) is 0 Å². The molecule has 2 saturated heterocycles. The van der Waals surface area contributed by atoms with Gasteiger partial charge in [0.05, 0.1) is 0 Å². The minimum absolute atomic E-state index is 0.224. The van der Waals surface area contributed by atoms with Crippen LogP contribution in [0, 0.1) is 0 Å². The van der Waals surface area contributed by atoms with E-state index in [1.807, 2.05) is 29.2 Å². The highest BCUT2D eigenvalue weighted by Crippen LogP contribution is 2.21. The van der Waals surface area contributed by atoms with E-state index in [0.29, 0.717) is 25.3 Å². The third kappa shape index (κ3) is 6.48. The molecule has 2 heterocycles. The molecule has 2 fully saturated rings. The van der Waals surface area contributed by atoms with Crippen LogP contribution >= 0.6 is 0 Å². The van der Waals surface area contributed by atoms with Crippen molar-refractivity contribution in [3.63, 3.8) is 0 Å². The van der Waals surface area contributed by atoms with Crippen LogP contribution in [0.15, 0.2) is 24.3 Å². The Kier molecular flexibility index (Phi) is 7.90. The lowest BCUT2D eigenvalue weighted by atomic mass is 10.1. The molecule has 4 amide bonds. The van der Waals surface area contributed by atoms with Crippen molar-refractivity contribution in [3.8, 4) is 0 Å². The fourth-order valence-electron chi connectivity index (χ4n) is 3.88. The van der Waals surface area contributed by atoms with Gasteiger partial charge in [0.1, 0.15) is 0 Å². The van der Waals surface area contributed by atoms with Crippen LogP contribution in [0.4, 0.5) is 16.2 Å². The quantitative estimate of drug-likeness (QED) is 0.622. The molecule has 0 spiro atoms. The maximum atomic E-state index is 12.1. The normalized spacial score (nSPS) is 17.2. The van der Waals surface area contributed by atoms with Crippen LogP contribution < -0.4 is 15.5 Å². The van der Waals surface area contributed by atoms with Crippen LogP contribution in [-0.2, 0) is 9.59 Å². The number of rotatable bonds is 9. The first-order valence-corrected chi connectivity index (χ1v) is 10.9. The van der Waals surface area contributed by atoms with Gasteiger partial charge in [-0.05, 0) is 50.3 Å². The number of carbonyl (C=O) groups excluding carboxylic acids is 3. The lowest BCUT2D eigenvalue weighted by Crippen LogP contribution is -2.49. The molecule has 7 nitrogen and oxygen atoms in total. The summed E-state index contributed by atoms with van der Waals surface area (Å²) in [6, 6.07) is 7.34. The van der Waals surface area contributed by atoms with E-state index in [1.165, 1.54) is 6.42 Å². The van der Waals surface area contributed by atoms with E-state index in [2.05, 4.69) is 10.6 Å². The molecule has 2 N–H and O–H groups in total. The number of hydrogen-bond donors (Lipinski definition) is 2. The number of imide groups is 1. The van der Waals surface area contributed by atoms with E-state index < -0.39 is 0 Å². The molecular weight excluding hydrogens is 368 g/mol. The van der Waals surface area contributed by atoms with Crippen LogP contribution in [0.25, 0.3) is 0 Å². The van der Waals surface area contributed by atoms with E-state index in [9.17, 15) is 14.4 Å². The smallest absolute Gasteiger partial charge is 0.328 e. The molecule has 0 aromatic heterocycles. The molecule has 0 radical (unpaired) electrons. The van der Waals surface area contributed by atoms with Crippen molar-refractivity contribution in [1.29, 1.82) is 0 Å². The van der Waals surface area contributed by atoms with Crippen LogP contribution in [0.2, 0.25) is 0 Å². The summed E-state index contributed by atoms with van der Waals surface area (Å²) in [5.41, 5.74) is 1.75. The van der Waals surface area contributed by atoms with Crippen molar-refractivity contribution >= 4 is 29.2 Å². The van der Waals surface area contributed by atoms with Gasteiger partial charge in [-0.2, -0.15) is 0 Å². The fourth-order valence-corrected chi connectivity index (χ4v) is 3.88.